The van der Waals surface area contributed by atoms with Crippen LogP contribution in [0.25, 0.3) is 0 Å². The van der Waals surface area contributed by atoms with Crippen molar-refractivity contribution >= 4 is 37.6 Å². The normalized spacial score (nSPS) is 13.7. The molecule has 0 aliphatic carbocycles. The van der Waals surface area contributed by atoms with Crippen LogP contribution in [0.4, 0.5) is 4.79 Å². The fourth-order valence-corrected chi connectivity index (χ4v) is 4.45. The molecule has 0 saturated heterocycles. The first kappa shape index (κ1) is 33.7. The highest BCUT2D eigenvalue weighted by Crippen LogP contribution is 2.37. The van der Waals surface area contributed by atoms with Gasteiger partial charge in [0.2, 0.25) is 0 Å². The van der Waals surface area contributed by atoms with Crippen molar-refractivity contribution < 1.29 is 23.5 Å². The molecule has 0 radical (unpaired) electrons. The van der Waals surface area contributed by atoms with Crippen molar-refractivity contribution in [1.29, 1.82) is 5.41 Å². The van der Waals surface area contributed by atoms with Crippen LogP contribution in [0.1, 0.15) is 67.9 Å². The second-order valence-electron chi connectivity index (χ2n) is 12.1. The maximum atomic E-state index is 12.6. The highest BCUT2D eigenvalue weighted by atomic mass is 35.5. The molecule has 0 aromatic heterocycles. The Balaban J connectivity index is 3.06. The van der Waals surface area contributed by atoms with Crippen LogP contribution in [0.2, 0.25) is 23.2 Å². The lowest BCUT2D eigenvalue weighted by Gasteiger charge is -2.40. The zero-order valence-corrected chi connectivity index (χ0v) is 26.9. The number of oxime groups is 1. The first-order valence-electron chi connectivity index (χ1n) is 12.8. The van der Waals surface area contributed by atoms with Crippen molar-refractivity contribution in [2.24, 2.45) is 5.16 Å². The van der Waals surface area contributed by atoms with Crippen LogP contribution in [0, 0.1) is 5.41 Å². The monoisotopic (exact) mass is 570 g/mol. The van der Waals surface area contributed by atoms with Gasteiger partial charge in [0.05, 0.1) is 23.4 Å². The number of carbonyl (C=O) groups excluding carboxylic acids is 1. The van der Waals surface area contributed by atoms with Crippen molar-refractivity contribution in [3.63, 3.8) is 0 Å². The molecule has 2 N–H and O–H groups in total. The van der Waals surface area contributed by atoms with Gasteiger partial charge in [-0.3, -0.25) is 5.41 Å². The maximum absolute atomic E-state index is 12.6. The molecule has 0 spiro atoms. The largest absolute Gasteiger partial charge is 0.491 e. The van der Waals surface area contributed by atoms with Gasteiger partial charge in [-0.15, -0.1) is 0 Å². The van der Waals surface area contributed by atoms with Crippen LogP contribution >= 0.6 is 11.6 Å². The Morgan fingerprint density at radius 1 is 1.18 bits per heavy atom. The number of rotatable bonds is 11. The van der Waals surface area contributed by atoms with E-state index < -0.39 is 32.3 Å². The number of nitrogens with zero attached hydrogens (tertiary/aromatic N) is 2. The van der Waals surface area contributed by atoms with Gasteiger partial charge in [0.1, 0.15) is 23.8 Å². The third kappa shape index (κ3) is 11.6. The van der Waals surface area contributed by atoms with Gasteiger partial charge < -0.3 is 29.0 Å². The maximum Gasteiger partial charge on any atom is 0.410 e. The van der Waals surface area contributed by atoms with E-state index in [1.54, 1.807) is 32.2 Å². The number of ether oxygens (including phenoxy) is 2. The Kier molecular flexibility index (Phi) is 12.1. The fraction of sp³-hybridized carbons (Fsp3) is 0.667. The number of hydrogen-bond donors (Lipinski definition) is 2. The summed E-state index contributed by atoms with van der Waals surface area (Å²) >= 11 is 6.38. The molecule has 2 atom stereocenters. The van der Waals surface area contributed by atoms with Gasteiger partial charge in [-0.2, -0.15) is 0 Å². The molecule has 1 amide bonds. The number of nitrogens with one attached hydrogen (secondary N) is 2. The molecule has 216 valence electrons. The quantitative estimate of drug-likeness (QED) is 0.101. The molecule has 38 heavy (non-hydrogen) atoms. The first-order valence-corrected chi connectivity index (χ1v) is 16.1. The Morgan fingerprint density at radius 2 is 1.79 bits per heavy atom. The summed E-state index contributed by atoms with van der Waals surface area (Å²) in [6.45, 7) is 22.2. The molecule has 0 aliphatic rings. The third-order valence-electron chi connectivity index (χ3n) is 5.83. The average molecular weight is 571 g/mol. The van der Waals surface area contributed by atoms with Gasteiger partial charge in [0.25, 0.3) is 0 Å². The predicted molar refractivity (Wildman–Crippen MR) is 157 cm³/mol. The summed E-state index contributed by atoms with van der Waals surface area (Å²) in [5.74, 6) is 0.603. The van der Waals surface area contributed by atoms with Crippen molar-refractivity contribution in [3.05, 3.63) is 28.8 Å². The van der Waals surface area contributed by atoms with Crippen molar-refractivity contribution in [1.82, 2.24) is 10.2 Å². The fourth-order valence-electron chi connectivity index (χ4n) is 2.90. The molecule has 1 aromatic carbocycles. The van der Waals surface area contributed by atoms with Crippen LogP contribution in [0.5, 0.6) is 5.75 Å². The smallest absolute Gasteiger partial charge is 0.410 e. The van der Waals surface area contributed by atoms with E-state index in [0.29, 0.717) is 22.9 Å². The molecule has 1 aromatic rings. The zero-order chi connectivity index (χ0) is 29.5. The highest BCUT2D eigenvalue weighted by molar-refractivity contribution is 6.74. The van der Waals surface area contributed by atoms with Gasteiger partial charge in [0, 0.05) is 12.6 Å². The summed E-state index contributed by atoms with van der Waals surface area (Å²) in [6, 6.07) is 5.11. The Bertz CT molecular complexity index is 985. The van der Waals surface area contributed by atoms with Crippen LogP contribution in [-0.2, 0) is 14.0 Å². The number of likely N-dealkylation sites (N-methyl/N-ethyl adjacent to an activating group) is 1. The minimum Gasteiger partial charge on any atom is -0.491 e. The molecule has 0 saturated carbocycles. The topological polar surface area (TPSA) is 105 Å². The standard InChI is InChI=1S/C27H47ClN4O5Si/c1-18(2)31-36-19(3)30-24(29)22-15-20(13-14-23(22)28)34-17-21(37-38(11,12)27(7,8)9)16-32(10)25(33)35-26(4,5)6/h13-15,19,21H,16-17H2,1-12H3,(H2,29,30)/t19?,21-/m1/s1. The lowest BCUT2D eigenvalue weighted by Crippen LogP contribution is -2.49. The van der Waals surface area contributed by atoms with Crippen molar-refractivity contribution in [2.75, 3.05) is 20.2 Å². The zero-order valence-electron chi connectivity index (χ0n) is 25.1. The number of hydrogen-bond acceptors (Lipinski definition) is 7. The number of halogens is 1. The summed E-state index contributed by atoms with van der Waals surface area (Å²) in [5.41, 5.74) is 0.634. The molecule has 1 rings (SSSR count). The average Bonchev–Trinajstić information content (AvgIpc) is 2.74. The molecule has 1 unspecified atom stereocenters. The molecule has 9 nitrogen and oxygen atoms in total. The second kappa shape index (κ2) is 13.7. The summed E-state index contributed by atoms with van der Waals surface area (Å²) in [7, 11) is -0.484. The molecular weight excluding hydrogens is 524 g/mol. The minimum atomic E-state index is -2.18. The molecule has 0 fully saturated rings. The highest BCUT2D eigenvalue weighted by Gasteiger charge is 2.40. The second-order valence-corrected chi connectivity index (χ2v) is 17.3. The molecule has 11 heteroatoms. The van der Waals surface area contributed by atoms with Crippen molar-refractivity contribution in [2.45, 2.75) is 98.4 Å². The van der Waals surface area contributed by atoms with E-state index in [1.165, 1.54) is 4.90 Å². The van der Waals surface area contributed by atoms with Gasteiger partial charge in [-0.05, 0) is 77.9 Å². The number of amidine groups is 1. The van der Waals surface area contributed by atoms with Crippen LogP contribution in [-0.4, -0.2) is 69.0 Å². The van der Waals surface area contributed by atoms with E-state index in [2.05, 4.69) is 44.3 Å². The van der Waals surface area contributed by atoms with E-state index in [-0.39, 0.29) is 17.5 Å². The van der Waals surface area contributed by atoms with E-state index >= 15 is 0 Å². The van der Waals surface area contributed by atoms with E-state index in [0.717, 1.165) is 5.71 Å². The molecule has 0 heterocycles. The SMILES string of the molecule is CC(C)=NOC(C)NC(=N)c1cc(OC[C@@H](CN(C)C(=O)OC(C)(C)C)O[Si](C)(C)C(C)(C)C)ccc1Cl. The van der Waals surface area contributed by atoms with Gasteiger partial charge in [-0.1, -0.05) is 37.5 Å². The third-order valence-corrected chi connectivity index (χ3v) is 10.7. The number of benzene rings is 1. The van der Waals surface area contributed by atoms with E-state index in [1.807, 2.05) is 34.6 Å². The molecular formula is C27H47ClN4O5Si. The Labute approximate surface area is 234 Å². The van der Waals surface area contributed by atoms with Crippen LogP contribution < -0.4 is 10.1 Å². The Hall–Kier alpha value is -2.30. The summed E-state index contributed by atoms with van der Waals surface area (Å²) in [5, 5.41) is 15.7. The van der Waals surface area contributed by atoms with Gasteiger partial charge >= 0.3 is 6.09 Å². The lowest BCUT2D eigenvalue weighted by molar-refractivity contribution is 0.0172. The van der Waals surface area contributed by atoms with Gasteiger partial charge in [-0.25, -0.2) is 4.79 Å². The minimum absolute atomic E-state index is 0.0247. The van der Waals surface area contributed by atoms with Crippen LogP contribution in [0.3, 0.4) is 0 Å². The van der Waals surface area contributed by atoms with E-state index in [9.17, 15) is 4.79 Å². The van der Waals surface area contributed by atoms with Crippen LogP contribution in [0.15, 0.2) is 23.4 Å². The first-order chi connectivity index (χ1) is 17.2. The molecule has 0 bridgehead atoms. The number of amides is 1. The van der Waals surface area contributed by atoms with Crippen molar-refractivity contribution in [3.8, 4) is 5.75 Å². The summed E-state index contributed by atoms with van der Waals surface area (Å²) in [4.78, 5) is 19.4. The summed E-state index contributed by atoms with van der Waals surface area (Å²) in [6.07, 6.45) is -1.34. The summed E-state index contributed by atoms with van der Waals surface area (Å²) < 4.78 is 18.3. The lowest BCUT2D eigenvalue weighted by atomic mass is 10.2. The predicted octanol–water partition coefficient (Wildman–Crippen LogP) is 6.65. The Morgan fingerprint density at radius 3 is 2.32 bits per heavy atom. The molecule has 0 aliphatic heterocycles. The number of carbonyl (C=O) groups is 1. The van der Waals surface area contributed by atoms with Gasteiger partial charge in [0.15, 0.2) is 14.5 Å². The van der Waals surface area contributed by atoms with E-state index in [4.69, 9.17) is 35.7 Å².